The van der Waals surface area contributed by atoms with E-state index in [1.54, 1.807) is 6.92 Å². The monoisotopic (exact) mass is 249 g/mol. The van der Waals surface area contributed by atoms with Crippen LogP contribution in [-0.2, 0) is 9.53 Å². The van der Waals surface area contributed by atoms with Crippen molar-refractivity contribution in [2.24, 2.45) is 0 Å². The molecule has 1 aromatic rings. The van der Waals surface area contributed by atoms with Gasteiger partial charge in [0.2, 0.25) is 0 Å². The molecule has 0 radical (unpaired) electrons. The summed E-state index contributed by atoms with van der Waals surface area (Å²) in [4.78, 5) is 11.8. The van der Waals surface area contributed by atoms with Gasteiger partial charge in [0.05, 0.1) is 6.10 Å². The summed E-state index contributed by atoms with van der Waals surface area (Å²) in [5.41, 5.74) is 0. The van der Waals surface area contributed by atoms with Gasteiger partial charge in [-0.05, 0) is 31.9 Å². The van der Waals surface area contributed by atoms with Crippen LogP contribution in [0.4, 0.5) is 0 Å². The summed E-state index contributed by atoms with van der Waals surface area (Å²) in [5, 5.41) is 2.86. The second kappa shape index (κ2) is 6.40. The Kier molecular flexibility index (Phi) is 4.59. The molecule has 0 saturated carbocycles. The number of carbonyl (C=O) groups excluding carboxylic acids is 1. The Hall–Kier alpha value is -1.55. The lowest BCUT2D eigenvalue weighted by atomic mass is 10.2. The smallest absolute Gasteiger partial charge is 0.260 e. The third kappa shape index (κ3) is 3.74. The second-order valence-electron chi connectivity index (χ2n) is 4.45. The van der Waals surface area contributed by atoms with Gasteiger partial charge < -0.3 is 14.8 Å². The summed E-state index contributed by atoms with van der Waals surface area (Å²) in [7, 11) is 0. The maximum atomic E-state index is 11.8. The van der Waals surface area contributed by atoms with Crippen LogP contribution >= 0.6 is 0 Å². The first kappa shape index (κ1) is 12.9. The van der Waals surface area contributed by atoms with Crippen molar-refractivity contribution >= 4 is 5.91 Å². The molecule has 98 valence electrons. The summed E-state index contributed by atoms with van der Waals surface area (Å²) in [5.74, 6) is 0.603. The lowest BCUT2D eigenvalue weighted by Crippen LogP contribution is -2.40. The van der Waals surface area contributed by atoms with Gasteiger partial charge in [0.25, 0.3) is 5.91 Å². The molecule has 0 aliphatic carbocycles. The molecule has 0 spiro atoms. The Bertz CT molecular complexity index is 374. The third-order valence-corrected chi connectivity index (χ3v) is 2.95. The highest BCUT2D eigenvalue weighted by Crippen LogP contribution is 2.12. The number of rotatable bonds is 5. The molecule has 1 saturated heterocycles. The highest BCUT2D eigenvalue weighted by Gasteiger charge is 2.19. The molecular formula is C14H19NO3. The van der Waals surface area contributed by atoms with Gasteiger partial charge in [0.15, 0.2) is 6.10 Å². The molecule has 2 rings (SSSR count). The first-order valence-electron chi connectivity index (χ1n) is 6.37. The van der Waals surface area contributed by atoms with Crippen molar-refractivity contribution in [2.75, 3.05) is 13.2 Å². The highest BCUT2D eigenvalue weighted by atomic mass is 16.5. The van der Waals surface area contributed by atoms with Crippen LogP contribution in [0.5, 0.6) is 5.75 Å². The SMILES string of the molecule is C[C@@H](Oc1ccccc1)C(=O)NC[C@@H]1CCCO1. The molecular weight excluding hydrogens is 230 g/mol. The quantitative estimate of drug-likeness (QED) is 0.864. The molecule has 0 unspecified atom stereocenters. The van der Waals surface area contributed by atoms with E-state index in [9.17, 15) is 4.79 Å². The van der Waals surface area contributed by atoms with E-state index >= 15 is 0 Å². The number of hydrogen-bond donors (Lipinski definition) is 1. The van der Waals surface area contributed by atoms with E-state index in [-0.39, 0.29) is 12.0 Å². The minimum atomic E-state index is -0.492. The molecule has 2 atom stereocenters. The van der Waals surface area contributed by atoms with Crippen molar-refractivity contribution in [2.45, 2.75) is 32.0 Å². The number of nitrogens with one attached hydrogen (secondary N) is 1. The molecule has 4 heteroatoms. The molecule has 1 amide bonds. The first-order chi connectivity index (χ1) is 8.75. The number of para-hydroxylation sites is 1. The fourth-order valence-corrected chi connectivity index (χ4v) is 1.92. The van der Waals surface area contributed by atoms with E-state index in [1.165, 1.54) is 0 Å². The first-order valence-corrected chi connectivity index (χ1v) is 6.37. The Morgan fingerprint density at radius 2 is 2.28 bits per heavy atom. The molecule has 1 heterocycles. The van der Waals surface area contributed by atoms with E-state index < -0.39 is 6.10 Å². The van der Waals surface area contributed by atoms with Crippen LogP contribution in [0.25, 0.3) is 0 Å². The minimum Gasteiger partial charge on any atom is -0.481 e. The number of ether oxygens (including phenoxy) is 2. The molecule has 1 fully saturated rings. The Balaban J connectivity index is 1.74. The van der Waals surface area contributed by atoms with Crippen molar-refractivity contribution in [3.8, 4) is 5.75 Å². The molecule has 1 aliphatic rings. The summed E-state index contributed by atoms with van der Waals surface area (Å²) in [6.45, 7) is 3.12. The largest absolute Gasteiger partial charge is 0.481 e. The Morgan fingerprint density at radius 3 is 2.94 bits per heavy atom. The van der Waals surface area contributed by atoms with Crippen LogP contribution < -0.4 is 10.1 Å². The highest BCUT2D eigenvalue weighted by molar-refractivity contribution is 5.80. The minimum absolute atomic E-state index is 0.102. The van der Waals surface area contributed by atoms with Crippen molar-refractivity contribution in [3.63, 3.8) is 0 Å². The van der Waals surface area contributed by atoms with E-state index in [4.69, 9.17) is 9.47 Å². The number of benzene rings is 1. The van der Waals surface area contributed by atoms with E-state index in [1.807, 2.05) is 30.3 Å². The zero-order valence-corrected chi connectivity index (χ0v) is 10.6. The number of carbonyl (C=O) groups is 1. The number of amides is 1. The van der Waals surface area contributed by atoms with E-state index in [0.29, 0.717) is 12.3 Å². The van der Waals surface area contributed by atoms with Gasteiger partial charge >= 0.3 is 0 Å². The molecule has 18 heavy (non-hydrogen) atoms. The second-order valence-corrected chi connectivity index (χ2v) is 4.45. The fraction of sp³-hybridized carbons (Fsp3) is 0.500. The van der Waals surface area contributed by atoms with Crippen LogP contribution in [0.2, 0.25) is 0 Å². The molecule has 0 bridgehead atoms. The van der Waals surface area contributed by atoms with Crippen LogP contribution in [0, 0.1) is 0 Å². The summed E-state index contributed by atoms with van der Waals surface area (Å²) in [6.07, 6.45) is 1.77. The van der Waals surface area contributed by atoms with Gasteiger partial charge in [-0.2, -0.15) is 0 Å². The maximum Gasteiger partial charge on any atom is 0.260 e. The average molecular weight is 249 g/mol. The summed E-state index contributed by atoms with van der Waals surface area (Å²) in [6, 6.07) is 9.35. The normalized spacial score (nSPS) is 20.4. The molecule has 4 nitrogen and oxygen atoms in total. The van der Waals surface area contributed by atoms with Gasteiger partial charge in [-0.15, -0.1) is 0 Å². The van der Waals surface area contributed by atoms with Gasteiger partial charge in [-0.1, -0.05) is 18.2 Å². The lowest BCUT2D eigenvalue weighted by molar-refractivity contribution is -0.127. The van der Waals surface area contributed by atoms with Gasteiger partial charge in [-0.25, -0.2) is 0 Å². The molecule has 1 aromatic carbocycles. The van der Waals surface area contributed by atoms with Gasteiger partial charge in [0.1, 0.15) is 5.75 Å². The predicted octanol–water partition coefficient (Wildman–Crippen LogP) is 1.75. The Morgan fingerprint density at radius 1 is 1.50 bits per heavy atom. The Labute approximate surface area is 107 Å². The molecule has 0 aromatic heterocycles. The summed E-state index contributed by atoms with van der Waals surface area (Å²) >= 11 is 0. The van der Waals surface area contributed by atoms with Crippen LogP contribution in [0.3, 0.4) is 0 Å². The lowest BCUT2D eigenvalue weighted by Gasteiger charge is -2.16. The topological polar surface area (TPSA) is 47.6 Å². The molecule has 1 aliphatic heterocycles. The average Bonchev–Trinajstić information content (AvgIpc) is 2.90. The van der Waals surface area contributed by atoms with E-state index in [0.717, 1.165) is 19.4 Å². The predicted molar refractivity (Wildman–Crippen MR) is 68.5 cm³/mol. The van der Waals surface area contributed by atoms with Crippen molar-refractivity contribution in [3.05, 3.63) is 30.3 Å². The number of hydrogen-bond acceptors (Lipinski definition) is 3. The van der Waals surface area contributed by atoms with Crippen molar-refractivity contribution in [1.29, 1.82) is 0 Å². The van der Waals surface area contributed by atoms with Crippen LogP contribution in [0.15, 0.2) is 30.3 Å². The van der Waals surface area contributed by atoms with Gasteiger partial charge in [-0.3, -0.25) is 4.79 Å². The zero-order valence-electron chi connectivity index (χ0n) is 10.6. The zero-order chi connectivity index (χ0) is 12.8. The van der Waals surface area contributed by atoms with Crippen molar-refractivity contribution < 1.29 is 14.3 Å². The molecule has 1 N–H and O–H groups in total. The fourth-order valence-electron chi connectivity index (χ4n) is 1.92. The van der Waals surface area contributed by atoms with Crippen LogP contribution in [0.1, 0.15) is 19.8 Å². The maximum absolute atomic E-state index is 11.8. The summed E-state index contributed by atoms with van der Waals surface area (Å²) < 4.78 is 11.0. The third-order valence-electron chi connectivity index (χ3n) is 2.95. The van der Waals surface area contributed by atoms with Gasteiger partial charge in [0, 0.05) is 13.2 Å². The van der Waals surface area contributed by atoms with E-state index in [2.05, 4.69) is 5.32 Å². The van der Waals surface area contributed by atoms with Crippen molar-refractivity contribution in [1.82, 2.24) is 5.32 Å². The van der Waals surface area contributed by atoms with Crippen LogP contribution in [-0.4, -0.2) is 31.3 Å². The standard InChI is InChI=1S/C14H19NO3/c1-11(18-12-6-3-2-4-7-12)14(16)15-10-13-8-5-9-17-13/h2-4,6-7,11,13H,5,8-10H2,1H3,(H,15,16)/t11-,13+/m1/s1.